The van der Waals surface area contributed by atoms with Crippen molar-refractivity contribution < 1.29 is 4.79 Å². The zero-order chi connectivity index (χ0) is 19.6. The van der Waals surface area contributed by atoms with E-state index in [1.165, 1.54) is 5.56 Å². The number of aromatic nitrogens is 2. The summed E-state index contributed by atoms with van der Waals surface area (Å²) in [7, 11) is 0. The molecule has 2 aromatic carbocycles. The molecule has 4 nitrogen and oxygen atoms in total. The summed E-state index contributed by atoms with van der Waals surface area (Å²) in [6, 6.07) is 19.0. The van der Waals surface area contributed by atoms with Gasteiger partial charge in [-0.15, -0.1) is 0 Å². The van der Waals surface area contributed by atoms with Gasteiger partial charge in [-0.05, 0) is 62.1 Å². The molecule has 29 heavy (non-hydrogen) atoms. The molecule has 2 heterocycles. The van der Waals surface area contributed by atoms with Crippen molar-refractivity contribution in [3.63, 3.8) is 0 Å². The van der Waals surface area contributed by atoms with Crippen LogP contribution in [0, 0.1) is 5.92 Å². The van der Waals surface area contributed by atoms with E-state index in [0.29, 0.717) is 17.7 Å². The number of aromatic amines is 1. The van der Waals surface area contributed by atoms with Crippen molar-refractivity contribution in [1.82, 2.24) is 14.9 Å². The molecule has 0 unspecified atom stereocenters. The third kappa shape index (κ3) is 3.81. The molecule has 1 aliphatic carbocycles. The van der Waals surface area contributed by atoms with Gasteiger partial charge >= 0.3 is 0 Å². The summed E-state index contributed by atoms with van der Waals surface area (Å²) >= 11 is 0. The predicted octanol–water partition coefficient (Wildman–Crippen LogP) is 5.24. The summed E-state index contributed by atoms with van der Waals surface area (Å²) in [5, 5.41) is 0. The maximum absolute atomic E-state index is 13.1. The van der Waals surface area contributed by atoms with E-state index in [4.69, 9.17) is 4.98 Å². The second-order valence-electron chi connectivity index (χ2n) is 8.70. The summed E-state index contributed by atoms with van der Waals surface area (Å²) in [6.45, 7) is 1.72. The Bertz CT molecular complexity index is 931. The molecule has 3 aromatic rings. The Balaban J connectivity index is 1.15. The fourth-order valence-electron chi connectivity index (χ4n) is 5.20. The number of carbonyl (C=O) groups is 1. The van der Waals surface area contributed by atoms with Crippen molar-refractivity contribution in [2.24, 2.45) is 5.92 Å². The van der Waals surface area contributed by atoms with Crippen LogP contribution in [0.4, 0.5) is 0 Å². The van der Waals surface area contributed by atoms with E-state index in [2.05, 4.69) is 52.3 Å². The average molecular weight is 388 g/mol. The van der Waals surface area contributed by atoms with Gasteiger partial charge in [0.15, 0.2) is 0 Å². The Labute approximate surface area is 172 Å². The topological polar surface area (TPSA) is 49.0 Å². The third-order valence-electron chi connectivity index (χ3n) is 6.95. The second kappa shape index (κ2) is 8.02. The van der Waals surface area contributed by atoms with Crippen LogP contribution in [0.3, 0.4) is 0 Å². The summed E-state index contributed by atoms with van der Waals surface area (Å²) in [5.74, 6) is 2.75. The number of nitrogens with one attached hydrogen (secondary N) is 1. The van der Waals surface area contributed by atoms with Crippen LogP contribution in [-0.4, -0.2) is 33.9 Å². The second-order valence-corrected chi connectivity index (χ2v) is 8.70. The van der Waals surface area contributed by atoms with E-state index in [1.807, 2.05) is 12.1 Å². The van der Waals surface area contributed by atoms with Gasteiger partial charge in [0.1, 0.15) is 5.82 Å². The maximum Gasteiger partial charge on any atom is 0.225 e. The lowest BCUT2D eigenvalue weighted by atomic mass is 9.78. The first kappa shape index (κ1) is 18.4. The number of rotatable bonds is 3. The molecule has 0 spiro atoms. The minimum absolute atomic E-state index is 0.220. The number of hydrogen-bond acceptors (Lipinski definition) is 2. The lowest BCUT2D eigenvalue weighted by Crippen LogP contribution is -2.42. The molecule has 2 fully saturated rings. The minimum Gasteiger partial charge on any atom is -0.342 e. The smallest absolute Gasteiger partial charge is 0.225 e. The first-order chi connectivity index (χ1) is 14.3. The highest BCUT2D eigenvalue weighted by Crippen LogP contribution is 2.37. The molecule has 5 rings (SSSR count). The number of hydrogen-bond donors (Lipinski definition) is 1. The van der Waals surface area contributed by atoms with Gasteiger partial charge in [0.2, 0.25) is 5.91 Å². The molecule has 4 heteroatoms. The van der Waals surface area contributed by atoms with Crippen LogP contribution in [0.25, 0.3) is 11.0 Å². The van der Waals surface area contributed by atoms with Gasteiger partial charge < -0.3 is 9.88 Å². The van der Waals surface area contributed by atoms with Crippen LogP contribution in [0.2, 0.25) is 0 Å². The standard InChI is InChI=1S/C25H29N3O/c29-25(21-12-10-19(11-13-21)18-6-2-1-3-7-18)28-16-14-20(15-17-28)24-26-22-8-4-5-9-23(22)27-24/h1-9,19-21H,10-17H2,(H,26,27). The van der Waals surface area contributed by atoms with E-state index < -0.39 is 0 Å². The van der Waals surface area contributed by atoms with Crippen molar-refractivity contribution in [3.05, 3.63) is 66.0 Å². The van der Waals surface area contributed by atoms with Gasteiger partial charge in [-0.3, -0.25) is 4.79 Å². The van der Waals surface area contributed by atoms with E-state index in [0.717, 1.165) is 68.5 Å². The Hall–Kier alpha value is -2.62. The van der Waals surface area contributed by atoms with Gasteiger partial charge in [-0.25, -0.2) is 4.98 Å². The lowest BCUT2D eigenvalue weighted by Gasteiger charge is -2.36. The molecule has 0 atom stereocenters. The van der Waals surface area contributed by atoms with Crippen molar-refractivity contribution in [1.29, 1.82) is 0 Å². The van der Waals surface area contributed by atoms with Gasteiger partial charge in [0, 0.05) is 24.9 Å². The number of para-hydroxylation sites is 2. The van der Waals surface area contributed by atoms with Crippen molar-refractivity contribution in [2.45, 2.75) is 50.4 Å². The molecule has 1 saturated carbocycles. The Kier molecular flexibility index (Phi) is 5.09. The van der Waals surface area contributed by atoms with Crippen LogP contribution in [0.1, 0.15) is 61.7 Å². The number of fused-ring (bicyclic) bond motifs is 1. The normalized spacial score (nSPS) is 23.4. The average Bonchev–Trinajstić information content (AvgIpc) is 3.24. The minimum atomic E-state index is 0.220. The number of H-pyrrole nitrogens is 1. The van der Waals surface area contributed by atoms with Gasteiger partial charge in [-0.1, -0.05) is 42.5 Å². The monoisotopic (exact) mass is 387 g/mol. The zero-order valence-electron chi connectivity index (χ0n) is 16.9. The fraction of sp³-hybridized carbons (Fsp3) is 0.440. The quantitative estimate of drug-likeness (QED) is 0.668. The zero-order valence-corrected chi connectivity index (χ0v) is 16.9. The summed E-state index contributed by atoms with van der Waals surface area (Å²) in [4.78, 5) is 23.5. The summed E-state index contributed by atoms with van der Waals surface area (Å²) < 4.78 is 0. The largest absolute Gasteiger partial charge is 0.342 e. The number of benzene rings is 2. The first-order valence-electron chi connectivity index (χ1n) is 11.1. The molecule has 1 N–H and O–H groups in total. The molecular formula is C25H29N3O. The van der Waals surface area contributed by atoms with Gasteiger partial charge in [0.05, 0.1) is 11.0 Å². The Morgan fingerprint density at radius 2 is 1.52 bits per heavy atom. The number of likely N-dealkylation sites (tertiary alicyclic amines) is 1. The molecule has 0 radical (unpaired) electrons. The van der Waals surface area contributed by atoms with E-state index >= 15 is 0 Å². The molecular weight excluding hydrogens is 358 g/mol. The first-order valence-corrected chi connectivity index (χ1v) is 11.1. The summed E-state index contributed by atoms with van der Waals surface area (Å²) in [6.07, 6.45) is 6.34. The van der Waals surface area contributed by atoms with Crippen LogP contribution >= 0.6 is 0 Å². The highest BCUT2D eigenvalue weighted by molar-refractivity contribution is 5.79. The predicted molar refractivity (Wildman–Crippen MR) is 116 cm³/mol. The number of imidazole rings is 1. The van der Waals surface area contributed by atoms with Crippen molar-refractivity contribution in [2.75, 3.05) is 13.1 Å². The molecule has 1 amide bonds. The highest BCUT2D eigenvalue weighted by atomic mass is 16.2. The van der Waals surface area contributed by atoms with Gasteiger partial charge in [0.25, 0.3) is 0 Å². The van der Waals surface area contributed by atoms with Gasteiger partial charge in [-0.2, -0.15) is 0 Å². The molecule has 1 aromatic heterocycles. The van der Waals surface area contributed by atoms with Crippen LogP contribution < -0.4 is 0 Å². The molecule has 1 aliphatic heterocycles. The van der Waals surface area contributed by atoms with Crippen molar-refractivity contribution in [3.8, 4) is 0 Å². The van der Waals surface area contributed by atoms with Crippen LogP contribution in [0.5, 0.6) is 0 Å². The third-order valence-corrected chi connectivity index (χ3v) is 6.95. The molecule has 0 bridgehead atoms. The number of piperidine rings is 1. The molecule has 2 aliphatic rings. The number of carbonyl (C=O) groups excluding carboxylic acids is 1. The molecule has 1 saturated heterocycles. The highest BCUT2D eigenvalue weighted by Gasteiger charge is 2.32. The molecule has 150 valence electrons. The number of nitrogens with zero attached hydrogens (tertiary/aromatic N) is 2. The fourth-order valence-corrected chi connectivity index (χ4v) is 5.20. The number of amides is 1. The van der Waals surface area contributed by atoms with Crippen LogP contribution in [0.15, 0.2) is 54.6 Å². The van der Waals surface area contributed by atoms with Crippen LogP contribution in [-0.2, 0) is 4.79 Å². The Morgan fingerprint density at radius 3 is 2.24 bits per heavy atom. The van der Waals surface area contributed by atoms with E-state index in [9.17, 15) is 4.79 Å². The Morgan fingerprint density at radius 1 is 0.828 bits per heavy atom. The maximum atomic E-state index is 13.1. The van der Waals surface area contributed by atoms with E-state index in [1.54, 1.807) is 0 Å². The SMILES string of the molecule is O=C(C1CCC(c2ccccc2)CC1)N1CCC(c2nc3ccccc3[nH]2)CC1. The summed E-state index contributed by atoms with van der Waals surface area (Å²) in [5.41, 5.74) is 3.58. The van der Waals surface area contributed by atoms with E-state index in [-0.39, 0.29) is 5.92 Å². The lowest BCUT2D eigenvalue weighted by molar-refractivity contribution is -0.137. The van der Waals surface area contributed by atoms with Crippen molar-refractivity contribution >= 4 is 16.9 Å².